The van der Waals surface area contributed by atoms with E-state index in [-0.39, 0.29) is 11.7 Å². The molecule has 2 heterocycles. The number of rotatable bonds is 5. The molecule has 1 atom stereocenters. The van der Waals surface area contributed by atoms with Crippen molar-refractivity contribution < 1.29 is 4.39 Å². The molecule has 0 fully saturated rings. The first-order chi connectivity index (χ1) is 9.74. The van der Waals surface area contributed by atoms with Crippen molar-refractivity contribution in [3.05, 3.63) is 59.1 Å². The van der Waals surface area contributed by atoms with Gasteiger partial charge in [-0.05, 0) is 36.5 Å². The smallest absolute Gasteiger partial charge is 0.193 e. The highest BCUT2D eigenvalue weighted by atomic mass is 35.5. The minimum absolute atomic E-state index is 0.196. The van der Waals surface area contributed by atoms with Gasteiger partial charge in [-0.3, -0.25) is 4.40 Å². The van der Waals surface area contributed by atoms with E-state index in [2.05, 4.69) is 4.98 Å². The maximum atomic E-state index is 13.2. The Hall–Kier alpha value is -1.39. The topological polar surface area (TPSA) is 17.3 Å². The molecule has 0 aliphatic rings. The number of imidazole rings is 1. The van der Waals surface area contributed by atoms with Crippen LogP contribution in [0.5, 0.6) is 0 Å². The molecule has 1 aromatic carbocycles. The Labute approximate surface area is 125 Å². The molecule has 3 rings (SSSR count). The summed E-state index contributed by atoms with van der Waals surface area (Å²) in [6.45, 7) is 0. The Bertz CT molecular complexity index is 678. The van der Waals surface area contributed by atoms with Crippen molar-refractivity contribution in [1.82, 2.24) is 9.38 Å². The molecule has 0 aliphatic carbocycles. The number of benzene rings is 1. The van der Waals surface area contributed by atoms with Gasteiger partial charge >= 0.3 is 0 Å². The number of hydrogen-bond acceptors (Lipinski definition) is 2. The fourth-order valence-corrected chi connectivity index (χ4v) is 3.29. The molecule has 2 aromatic heterocycles. The first-order valence-corrected chi connectivity index (χ1v) is 7.87. The lowest BCUT2D eigenvalue weighted by molar-refractivity contribution is 0.571. The number of halogens is 2. The first-order valence-electron chi connectivity index (χ1n) is 6.46. The molecule has 2 nitrogen and oxygen atoms in total. The van der Waals surface area contributed by atoms with E-state index < -0.39 is 0 Å². The van der Waals surface area contributed by atoms with E-state index in [0.717, 1.165) is 29.1 Å². The van der Waals surface area contributed by atoms with Crippen molar-refractivity contribution in [2.75, 3.05) is 5.88 Å². The van der Waals surface area contributed by atoms with Crippen molar-refractivity contribution in [1.29, 1.82) is 0 Å². The molecular formula is C15H14ClFN2S. The standard InChI is InChI=1S/C15H14ClFN2S/c16-9-12(6-11-2-1-3-13(17)7-11)8-14-10-19-4-5-20-15(19)18-14/h1-5,7,10,12H,6,8-9H2. The van der Waals surface area contributed by atoms with E-state index in [4.69, 9.17) is 11.6 Å². The normalized spacial score (nSPS) is 12.9. The average molecular weight is 309 g/mol. The first kappa shape index (κ1) is 13.6. The van der Waals surface area contributed by atoms with Gasteiger partial charge in [-0.1, -0.05) is 12.1 Å². The third kappa shape index (κ3) is 3.02. The average Bonchev–Trinajstić information content (AvgIpc) is 2.98. The summed E-state index contributed by atoms with van der Waals surface area (Å²) in [5.74, 6) is 0.614. The van der Waals surface area contributed by atoms with Gasteiger partial charge in [0.05, 0.1) is 5.69 Å². The zero-order chi connectivity index (χ0) is 13.9. The van der Waals surface area contributed by atoms with Crippen molar-refractivity contribution >= 4 is 27.9 Å². The van der Waals surface area contributed by atoms with Gasteiger partial charge in [-0.2, -0.15) is 0 Å². The Morgan fingerprint density at radius 2 is 2.25 bits per heavy atom. The Morgan fingerprint density at radius 3 is 3.00 bits per heavy atom. The third-order valence-electron chi connectivity index (χ3n) is 3.27. The number of nitrogens with zero attached hydrogens (tertiary/aromatic N) is 2. The minimum atomic E-state index is -0.196. The number of aromatic nitrogens is 2. The minimum Gasteiger partial charge on any atom is -0.297 e. The van der Waals surface area contributed by atoms with Crippen LogP contribution in [-0.2, 0) is 12.8 Å². The van der Waals surface area contributed by atoms with E-state index in [1.807, 2.05) is 28.2 Å². The van der Waals surface area contributed by atoms with Crippen LogP contribution in [0.2, 0.25) is 0 Å². The summed E-state index contributed by atoms with van der Waals surface area (Å²) in [5, 5.41) is 2.01. The molecule has 0 amide bonds. The van der Waals surface area contributed by atoms with Crippen LogP contribution in [0.15, 0.2) is 42.0 Å². The summed E-state index contributed by atoms with van der Waals surface area (Å²) in [7, 11) is 0. The second-order valence-electron chi connectivity index (χ2n) is 4.88. The van der Waals surface area contributed by atoms with Gasteiger partial charge < -0.3 is 0 Å². The third-order valence-corrected chi connectivity index (χ3v) is 4.48. The monoisotopic (exact) mass is 308 g/mol. The van der Waals surface area contributed by atoms with E-state index >= 15 is 0 Å². The quantitative estimate of drug-likeness (QED) is 0.646. The van der Waals surface area contributed by atoms with Crippen LogP contribution in [0.3, 0.4) is 0 Å². The molecule has 3 aromatic rings. The van der Waals surface area contributed by atoms with Gasteiger partial charge in [-0.15, -0.1) is 22.9 Å². The van der Waals surface area contributed by atoms with Crippen molar-refractivity contribution in [2.24, 2.45) is 5.92 Å². The molecule has 0 bridgehead atoms. The van der Waals surface area contributed by atoms with Gasteiger partial charge in [-0.25, -0.2) is 9.37 Å². The summed E-state index contributed by atoms with van der Waals surface area (Å²) in [4.78, 5) is 5.57. The summed E-state index contributed by atoms with van der Waals surface area (Å²) in [6, 6.07) is 6.71. The molecule has 20 heavy (non-hydrogen) atoms. The van der Waals surface area contributed by atoms with Crippen molar-refractivity contribution in [3.63, 3.8) is 0 Å². The Kier molecular flexibility index (Phi) is 4.03. The molecule has 0 spiro atoms. The fourth-order valence-electron chi connectivity index (χ4n) is 2.35. The second kappa shape index (κ2) is 5.94. The van der Waals surface area contributed by atoms with E-state index in [9.17, 15) is 4.39 Å². The second-order valence-corrected chi connectivity index (χ2v) is 6.07. The fraction of sp³-hybridized carbons (Fsp3) is 0.267. The molecule has 104 valence electrons. The lowest BCUT2D eigenvalue weighted by atomic mass is 9.96. The molecule has 1 unspecified atom stereocenters. The van der Waals surface area contributed by atoms with Crippen LogP contribution in [0.1, 0.15) is 11.3 Å². The SMILES string of the molecule is Fc1cccc(CC(CCl)Cc2cn3ccsc3n2)c1. The summed E-state index contributed by atoms with van der Waals surface area (Å²) in [6.07, 6.45) is 5.62. The molecule has 0 saturated heterocycles. The van der Waals surface area contributed by atoms with Gasteiger partial charge in [0.2, 0.25) is 0 Å². The lowest BCUT2D eigenvalue weighted by Crippen LogP contribution is -2.10. The van der Waals surface area contributed by atoms with Crippen LogP contribution in [0, 0.1) is 11.7 Å². The van der Waals surface area contributed by atoms with Crippen molar-refractivity contribution in [3.8, 4) is 0 Å². The van der Waals surface area contributed by atoms with Crippen LogP contribution >= 0.6 is 22.9 Å². The van der Waals surface area contributed by atoms with E-state index in [1.54, 1.807) is 23.5 Å². The predicted molar refractivity (Wildman–Crippen MR) is 81.1 cm³/mol. The molecule has 0 aliphatic heterocycles. The van der Waals surface area contributed by atoms with Crippen molar-refractivity contribution in [2.45, 2.75) is 12.8 Å². The Morgan fingerprint density at radius 1 is 1.35 bits per heavy atom. The molecule has 0 radical (unpaired) electrons. The molecule has 5 heteroatoms. The Balaban J connectivity index is 1.72. The summed E-state index contributed by atoms with van der Waals surface area (Å²) >= 11 is 7.67. The number of alkyl halides is 1. The highest BCUT2D eigenvalue weighted by Crippen LogP contribution is 2.18. The summed E-state index contributed by atoms with van der Waals surface area (Å²) in [5.41, 5.74) is 2.02. The van der Waals surface area contributed by atoms with E-state index in [1.165, 1.54) is 6.07 Å². The zero-order valence-corrected chi connectivity index (χ0v) is 12.4. The highest BCUT2D eigenvalue weighted by molar-refractivity contribution is 7.15. The molecule has 0 saturated carbocycles. The zero-order valence-electron chi connectivity index (χ0n) is 10.8. The van der Waals surface area contributed by atoms with Gasteiger partial charge in [0.15, 0.2) is 4.96 Å². The van der Waals surface area contributed by atoms with Crippen LogP contribution < -0.4 is 0 Å². The number of thiazole rings is 1. The summed E-state index contributed by atoms with van der Waals surface area (Å²) < 4.78 is 15.2. The molecular weight excluding hydrogens is 295 g/mol. The van der Waals surface area contributed by atoms with Gasteiger partial charge in [0.1, 0.15) is 5.82 Å². The van der Waals surface area contributed by atoms with E-state index in [0.29, 0.717) is 5.88 Å². The van der Waals surface area contributed by atoms with Crippen LogP contribution in [-0.4, -0.2) is 15.3 Å². The van der Waals surface area contributed by atoms with Gasteiger partial charge in [0, 0.05) is 23.7 Å². The maximum Gasteiger partial charge on any atom is 0.193 e. The highest BCUT2D eigenvalue weighted by Gasteiger charge is 2.13. The maximum absolute atomic E-state index is 13.2. The largest absolute Gasteiger partial charge is 0.297 e. The predicted octanol–water partition coefficient (Wildman–Crippen LogP) is 4.18. The lowest BCUT2D eigenvalue weighted by Gasteiger charge is -2.12. The van der Waals surface area contributed by atoms with Crippen LogP contribution in [0.25, 0.3) is 4.96 Å². The van der Waals surface area contributed by atoms with Crippen LogP contribution in [0.4, 0.5) is 4.39 Å². The molecule has 0 N–H and O–H groups in total. The van der Waals surface area contributed by atoms with Gasteiger partial charge in [0.25, 0.3) is 0 Å². The number of hydrogen-bond donors (Lipinski definition) is 0. The number of fused-ring (bicyclic) bond motifs is 1.